The number of alkyl halides is 3. The van der Waals surface area contributed by atoms with Gasteiger partial charge >= 0.3 is 11.5 Å². The monoisotopic (exact) mass is 597 g/mol. The fraction of sp³-hybridized carbons (Fsp3) is 0.281. The average molecular weight is 598 g/mol. The number of nitrogens with zero attached hydrogens (tertiary/aromatic N) is 1. The summed E-state index contributed by atoms with van der Waals surface area (Å²) in [7, 11) is 0. The van der Waals surface area contributed by atoms with Crippen LogP contribution in [0.4, 0.5) is 13.2 Å². The highest BCUT2D eigenvalue weighted by Gasteiger charge is 2.29. The van der Waals surface area contributed by atoms with Gasteiger partial charge in [-0.2, -0.15) is 13.2 Å². The molecule has 0 N–H and O–H groups in total. The quantitative estimate of drug-likeness (QED) is 0.111. The first kappa shape index (κ1) is 31.0. The second-order valence-electron chi connectivity index (χ2n) is 9.13. The van der Waals surface area contributed by atoms with Gasteiger partial charge in [-0.15, -0.1) is 0 Å². The smallest absolute Gasteiger partial charge is 0.446 e. The fourth-order valence-electron chi connectivity index (χ4n) is 3.95. The molecule has 0 aliphatic carbocycles. The van der Waals surface area contributed by atoms with Gasteiger partial charge in [0.25, 0.3) is 0 Å². The van der Waals surface area contributed by atoms with Crippen molar-refractivity contribution in [3.8, 4) is 23.3 Å². The first-order valence-electron chi connectivity index (χ1n) is 13.3. The number of thioether (sulfide) groups is 1. The van der Waals surface area contributed by atoms with Crippen LogP contribution in [0.1, 0.15) is 30.0 Å². The van der Waals surface area contributed by atoms with Crippen molar-refractivity contribution in [3.63, 3.8) is 0 Å². The molecule has 0 saturated carbocycles. The van der Waals surface area contributed by atoms with Crippen LogP contribution in [0.15, 0.2) is 83.8 Å². The summed E-state index contributed by atoms with van der Waals surface area (Å²) in [4.78, 5) is 23.2. The molecule has 6 nitrogen and oxygen atoms in total. The average Bonchev–Trinajstić information content (AvgIpc) is 2.99. The Bertz CT molecular complexity index is 1390. The number of rotatable bonds is 10. The lowest BCUT2D eigenvalue weighted by Crippen LogP contribution is -2.36. The third-order valence-electron chi connectivity index (χ3n) is 6.11. The predicted octanol–water partition coefficient (Wildman–Crippen LogP) is 6.74. The molecular formula is C32H30F3NO5S. The number of halogens is 3. The van der Waals surface area contributed by atoms with E-state index >= 15 is 0 Å². The van der Waals surface area contributed by atoms with Crippen LogP contribution in [-0.4, -0.2) is 55.8 Å². The van der Waals surface area contributed by atoms with Gasteiger partial charge in [-0.3, -0.25) is 14.7 Å². The lowest BCUT2D eigenvalue weighted by atomic mass is 9.97. The molecule has 10 heteroatoms. The number of carbonyl (C=O) groups excluding carboxylic acids is 1. The van der Waals surface area contributed by atoms with Gasteiger partial charge in [0.2, 0.25) is 0 Å². The zero-order valence-corrected chi connectivity index (χ0v) is 23.8. The van der Waals surface area contributed by atoms with Crippen LogP contribution in [-0.2, 0) is 14.4 Å². The lowest BCUT2D eigenvalue weighted by Gasteiger charge is -2.24. The van der Waals surface area contributed by atoms with Gasteiger partial charge in [0.05, 0.1) is 19.8 Å². The Morgan fingerprint density at radius 2 is 1.57 bits per heavy atom. The molecule has 0 bridgehead atoms. The van der Waals surface area contributed by atoms with Gasteiger partial charge in [-0.1, -0.05) is 43.0 Å². The number of carbonyl (C=O) groups is 1. The van der Waals surface area contributed by atoms with Crippen molar-refractivity contribution in [2.45, 2.75) is 23.7 Å². The molecule has 4 rings (SSSR count). The van der Waals surface area contributed by atoms with Crippen LogP contribution in [0, 0.1) is 11.8 Å². The topological polar surface area (TPSA) is 57.2 Å². The Hall–Kier alpha value is -3.91. The SMILES string of the molecule is CCC(=O)OOc1ccc(OC/C=C(/c2ccc(C#CCN3CCOCC3)cc2)c2ccc(SC(F)(F)F)cc2)cc1. The lowest BCUT2D eigenvalue weighted by molar-refractivity contribution is -0.213. The second-order valence-corrected chi connectivity index (χ2v) is 10.3. The van der Waals surface area contributed by atoms with E-state index in [1.54, 1.807) is 43.3 Å². The van der Waals surface area contributed by atoms with Gasteiger partial charge in [0.1, 0.15) is 12.4 Å². The highest BCUT2D eigenvalue weighted by Crippen LogP contribution is 2.37. The standard InChI is InChI=1S/C32H30F3NO5S/c1-2-31(37)41-40-28-13-11-27(12-14-28)39-21-17-30(26-9-15-29(16-10-26)42-32(33,34)35)25-7-5-24(6-8-25)4-3-18-36-19-22-38-23-20-36/h5-17H,2,18-23H2,1H3/b30-17-. The summed E-state index contributed by atoms with van der Waals surface area (Å²) in [6.45, 7) is 5.72. The van der Waals surface area contributed by atoms with Crippen LogP contribution in [0.2, 0.25) is 0 Å². The maximum Gasteiger partial charge on any atom is 0.446 e. The minimum Gasteiger partial charge on any atom is -0.490 e. The van der Waals surface area contributed by atoms with Crippen molar-refractivity contribution < 1.29 is 37.2 Å². The molecule has 220 valence electrons. The molecule has 42 heavy (non-hydrogen) atoms. The predicted molar refractivity (Wildman–Crippen MR) is 155 cm³/mol. The van der Waals surface area contributed by atoms with Crippen molar-refractivity contribution in [1.29, 1.82) is 0 Å². The third-order valence-corrected chi connectivity index (χ3v) is 6.85. The number of morpholine rings is 1. The molecule has 3 aromatic rings. The zero-order chi connectivity index (χ0) is 29.8. The highest BCUT2D eigenvalue weighted by molar-refractivity contribution is 8.00. The first-order chi connectivity index (χ1) is 20.3. The second kappa shape index (κ2) is 15.4. The van der Waals surface area contributed by atoms with Crippen LogP contribution in [0.25, 0.3) is 5.57 Å². The molecule has 0 radical (unpaired) electrons. The van der Waals surface area contributed by atoms with E-state index in [0.29, 0.717) is 18.0 Å². The molecule has 0 spiro atoms. The van der Waals surface area contributed by atoms with Gasteiger partial charge in [-0.25, -0.2) is 4.79 Å². The molecule has 0 atom stereocenters. The number of hydrogen-bond donors (Lipinski definition) is 0. The third kappa shape index (κ3) is 10.2. The van der Waals surface area contributed by atoms with E-state index in [-0.39, 0.29) is 29.7 Å². The van der Waals surface area contributed by atoms with Crippen molar-refractivity contribution in [2.24, 2.45) is 0 Å². The Labute approximate surface area is 247 Å². The summed E-state index contributed by atoms with van der Waals surface area (Å²) >= 11 is -0.148. The summed E-state index contributed by atoms with van der Waals surface area (Å²) < 4.78 is 49.7. The Morgan fingerprint density at radius 3 is 2.19 bits per heavy atom. The van der Waals surface area contributed by atoms with Gasteiger partial charge < -0.3 is 9.47 Å². The maximum atomic E-state index is 12.8. The van der Waals surface area contributed by atoms with E-state index in [2.05, 4.69) is 21.6 Å². The van der Waals surface area contributed by atoms with Crippen molar-refractivity contribution >= 4 is 23.3 Å². The molecule has 1 saturated heterocycles. The fourth-order valence-corrected chi connectivity index (χ4v) is 4.49. The first-order valence-corrected chi connectivity index (χ1v) is 14.2. The molecule has 0 aromatic heterocycles. The summed E-state index contributed by atoms with van der Waals surface area (Å²) in [6.07, 6.45) is 2.07. The molecule has 1 heterocycles. The van der Waals surface area contributed by atoms with E-state index in [4.69, 9.17) is 14.4 Å². The largest absolute Gasteiger partial charge is 0.490 e. The maximum absolute atomic E-state index is 12.8. The Morgan fingerprint density at radius 1 is 0.952 bits per heavy atom. The van der Waals surface area contributed by atoms with Crippen molar-refractivity contribution in [2.75, 3.05) is 39.5 Å². The molecule has 1 aliphatic rings. The number of benzene rings is 3. The van der Waals surface area contributed by atoms with Crippen molar-refractivity contribution in [3.05, 3.63) is 95.6 Å². The molecule has 0 unspecified atom stereocenters. The summed E-state index contributed by atoms with van der Waals surface area (Å²) in [6, 6.07) is 20.5. The van der Waals surface area contributed by atoms with Crippen LogP contribution < -0.4 is 9.62 Å². The molecule has 1 aliphatic heterocycles. The normalized spacial score (nSPS) is 14.0. The zero-order valence-electron chi connectivity index (χ0n) is 23.0. The molecule has 3 aromatic carbocycles. The molecule has 0 amide bonds. The van der Waals surface area contributed by atoms with E-state index in [1.165, 1.54) is 12.1 Å². The van der Waals surface area contributed by atoms with E-state index in [0.717, 1.165) is 48.6 Å². The van der Waals surface area contributed by atoms with Gasteiger partial charge in [0, 0.05) is 30.0 Å². The molecule has 1 fully saturated rings. The Balaban J connectivity index is 1.47. The molecular weight excluding hydrogens is 567 g/mol. The van der Waals surface area contributed by atoms with Crippen LogP contribution in [0.3, 0.4) is 0 Å². The van der Waals surface area contributed by atoms with Crippen LogP contribution >= 0.6 is 11.8 Å². The summed E-state index contributed by atoms with van der Waals surface area (Å²) in [5, 5.41) is 0. The van der Waals surface area contributed by atoms with E-state index in [1.807, 2.05) is 30.3 Å². The van der Waals surface area contributed by atoms with E-state index < -0.39 is 11.5 Å². The minimum atomic E-state index is -4.36. The number of ether oxygens (including phenoxy) is 2. The summed E-state index contributed by atoms with van der Waals surface area (Å²) in [5.41, 5.74) is -1.07. The van der Waals surface area contributed by atoms with Gasteiger partial charge in [-0.05, 0) is 83.1 Å². The van der Waals surface area contributed by atoms with Gasteiger partial charge in [0.15, 0.2) is 5.75 Å². The van der Waals surface area contributed by atoms with E-state index in [9.17, 15) is 18.0 Å². The van der Waals surface area contributed by atoms with Crippen LogP contribution in [0.5, 0.6) is 11.5 Å². The highest BCUT2D eigenvalue weighted by atomic mass is 32.2. The Kier molecular flexibility index (Phi) is 11.3. The number of hydrogen-bond acceptors (Lipinski definition) is 7. The summed E-state index contributed by atoms with van der Waals surface area (Å²) in [5.74, 6) is 6.83. The minimum absolute atomic E-state index is 0.111. The van der Waals surface area contributed by atoms with Crippen molar-refractivity contribution in [1.82, 2.24) is 4.90 Å².